The van der Waals surface area contributed by atoms with Crippen molar-refractivity contribution in [1.82, 2.24) is 4.90 Å². The van der Waals surface area contributed by atoms with Crippen molar-refractivity contribution in [2.75, 3.05) is 19.0 Å². The lowest BCUT2D eigenvalue weighted by Gasteiger charge is -2.24. The Balaban J connectivity index is 1.94. The van der Waals surface area contributed by atoms with Crippen molar-refractivity contribution < 1.29 is 19.1 Å². The maximum Gasteiger partial charge on any atom is 0.410 e. The molecule has 24 heavy (non-hydrogen) atoms. The lowest BCUT2D eigenvalue weighted by Crippen LogP contribution is -2.33. The van der Waals surface area contributed by atoms with Crippen LogP contribution in [0.2, 0.25) is 0 Å². The van der Waals surface area contributed by atoms with E-state index in [1.54, 1.807) is 7.05 Å². The number of ether oxygens (including phenoxy) is 2. The van der Waals surface area contributed by atoms with Gasteiger partial charge in [-0.15, -0.1) is 0 Å². The van der Waals surface area contributed by atoms with Gasteiger partial charge in [0.2, 0.25) is 0 Å². The van der Waals surface area contributed by atoms with E-state index in [1.807, 2.05) is 45.0 Å². The second kappa shape index (κ2) is 7.66. The molecule has 1 aliphatic rings. The zero-order chi connectivity index (χ0) is 17.7. The Morgan fingerprint density at radius 1 is 1.38 bits per heavy atom. The van der Waals surface area contributed by atoms with Gasteiger partial charge in [0, 0.05) is 25.9 Å². The van der Waals surface area contributed by atoms with Crippen LogP contribution in [0.25, 0.3) is 0 Å². The molecule has 2 rings (SSSR count). The number of nitrogens with zero attached hydrogens (tertiary/aromatic N) is 1. The second-order valence-electron chi connectivity index (χ2n) is 7.03. The number of hydrogen-bond acceptors (Lipinski definition) is 4. The quantitative estimate of drug-likeness (QED) is 0.918. The Labute approximate surface area is 143 Å². The largest absolute Gasteiger partial charge is 0.444 e. The molecule has 1 atom stereocenters. The third-order valence-corrected chi connectivity index (χ3v) is 3.54. The molecule has 0 spiro atoms. The predicted molar refractivity (Wildman–Crippen MR) is 91.7 cm³/mol. The molecule has 0 radical (unpaired) electrons. The van der Waals surface area contributed by atoms with Crippen LogP contribution in [0.3, 0.4) is 0 Å². The molecule has 1 heterocycles. The summed E-state index contributed by atoms with van der Waals surface area (Å²) < 4.78 is 10.7. The van der Waals surface area contributed by atoms with E-state index in [2.05, 4.69) is 5.32 Å². The summed E-state index contributed by atoms with van der Waals surface area (Å²) in [6, 6.07) is 7.43. The monoisotopic (exact) mass is 334 g/mol. The van der Waals surface area contributed by atoms with E-state index in [0.29, 0.717) is 18.8 Å². The van der Waals surface area contributed by atoms with Crippen molar-refractivity contribution >= 4 is 17.7 Å². The minimum Gasteiger partial charge on any atom is -0.444 e. The third-order valence-electron chi connectivity index (χ3n) is 3.54. The summed E-state index contributed by atoms with van der Waals surface area (Å²) in [5.41, 5.74) is 1.08. The standard InChI is InChI=1S/C18H26N2O4/c1-18(2,3)24-17(22)20(4)12-13-7-5-8-14(11-13)19-16(21)15-9-6-10-23-15/h5,7-8,11,15H,6,9-10,12H2,1-4H3,(H,19,21). The molecule has 6 nitrogen and oxygen atoms in total. The number of carbonyl (C=O) groups is 2. The first kappa shape index (κ1) is 18.3. The second-order valence-corrected chi connectivity index (χ2v) is 7.03. The molecule has 0 aromatic heterocycles. The maximum atomic E-state index is 12.1. The normalized spacial score (nSPS) is 17.4. The van der Waals surface area contributed by atoms with E-state index in [-0.39, 0.29) is 18.1 Å². The molecular weight excluding hydrogens is 308 g/mol. The number of amides is 2. The third kappa shape index (κ3) is 5.53. The number of hydrogen-bond donors (Lipinski definition) is 1. The van der Waals surface area contributed by atoms with Gasteiger partial charge in [-0.2, -0.15) is 0 Å². The highest BCUT2D eigenvalue weighted by Gasteiger charge is 2.23. The fourth-order valence-corrected chi connectivity index (χ4v) is 2.43. The first-order valence-corrected chi connectivity index (χ1v) is 8.20. The van der Waals surface area contributed by atoms with Crippen LogP contribution in [0.5, 0.6) is 0 Å². The van der Waals surface area contributed by atoms with Gasteiger partial charge in [0.05, 0.1) is 0 Å². The van der Waals surface area contributed by atoms with E-state index in [1.165, 1.54) is 4.90 Å². The van der Waals surface area contributed by atoms with Crippen LogP contribution in [0.15, 0.2) is 24.3 Å². The van der Waals surface area contributed by atoms with Crippen molar-refractivity contribution in [1.29, 1.82) is 0 Å². The fraction of sp³-hybridized carbons (Fsp3) is 0.556. The van der Waals surface area contributed by atoms with Crippen molar-refractivity contribution in [3.63, 3.8) is 0 Å². The van der Waals surface area contributed by atoms with Gasteiger partial charge in [0.25, 0.3) is 5.91 Å². The van der Waals surface area contributed by atoms with Crippen LogP contribution in [-0.4, -0.2) is 42.3 Å². The smallest absolute Gasteiger partial charge is 0.410 e. The highest BCUT2D eigenvalue weighted by atomic mass is 16.6. The molecule has 1 saturated heterocycles. The summed E-state index contributed by atoms with van der Waals surface area (Å²) in [6.07, 6.45) is 0.931. The van der Waals surface area contributed by atoms with Crippen LogP contribution in [0.4, 0.5) is 10.5 Å². The van der Waals surface area contributed by atoms with Crippen molar-refractivity contribution in [3.8, 4) is 0 Å². The molecular formula is C18H26N2O4. The van der Waals surface area contributed by atoms with E-state index >= 15 is 0 Å². The lowest BCUT2D eigenvalue weighted by atomic mass is 10.1. The van der Waals surface area contributed by atoms with Crippen LogP contribution in [0.1, 0.15) is 39.2 Å². The van der Waals surface area contributed by atoms with Crippen molar-refractivity contribution in [3.05, 3.63) is 29.8 Å². The average molecular weight is 334 g/mol. The first-order valence-electron chi connectivity index (χ1n) is 8.20. The summed E-state index contributed by atoms with van der Waals surface area (Å²) in [5, 5.41) is 2.87. The molecule has 1 aliphatic heterocycles. The number of rotatable bonds is 4. The molecule has 1 fully saturated rings. The summed E-state index contributed by atoms with van der Waals surface area (Å²) in [4.78, 5) is 25.6. The molecule has 0 bridgehead atoms. The summed E-state index contributed by atoms with van der Waals surface area (Å²) >= 11 is 0. The van der Waals surface area contributed by atoms with Crippen molar-refractivity contribution in [2.45, 2.75) is 51.9 Å². The Bertz CT molecular complexity index is 589. The Morgan fingerprint density at radius 2 is 2.12 bits per heavy atom. The van der Waals surface area contributed by atoms with Gasteiger partial charge >= 0.3 is 6.09 Å². The minimum atomic E-state index is -0.525. The van der Waals surface area contributed by atoms with Crippen LogP contribution in [-0.2, 0) is 20.8 Å². The molecule has 132 valence electrons. The van der Waals surface area contributed by atoms with Gasteiger partial charge in [-0.3, -0.25) is 4.79 Å². The van der Waals surface area contributed by atoms with E-state index in [4.69, 9.17) is 9.47 Å². The van der Waals surface area contributed by atoms with Crippen LogP contribution in [0, 0.1) is 0 Å². The topological polar surface area (TPSA) is 67.9 Å². The van der Waals surface area contributed by atoms with Gasteiger partial charge in [-0.25, -0.2) is 4.79 Å². The molecule has 1 N–H and O–H groups in total. The van der Waals surface area contributed by atoms with Gasteiger partial charge in [-0.1, -0.05) is 12.1 Å². The van der Waals surface area contributed by atoms with E-state index in [0.717, 1.165) is 18.4 Å². The van der Waals surface area contributed by atoms with Gasteiger partial charge < -0.3 is 19.7 Å². The Morgan fingerprint density at radius 3 is 2.75 bits per heavy atom. The van der Waals surface area contributed by atoms with Gasteiger partial charge in [0.1, 0.15) is 11.7 Å². The lowest BCUT2D eigenvalue weighted by molar-refractivity contribution is -0.124. The van der Waals surface area contributed by atoms with Crippen LogP contribution >= 0.6 is 0 Å². The number of anilines is 1. The molecule has 0 saturated carbocycles. The molecule has 1 aromatic rings. The number of nitrogens with one attached hydrogen (secondary N) is 1. The molecule has 1 unspecified atom stereocenters. The van der Waals surface area contributed by atoms with Gasteiger partial charge in [0.15, 0.2) is 0 Å². The highest BCUT2D eigenvalue weighted by Crippen LogP contribution is 2.17. The fourth-order valence-electron chi connectivity index (χ4n) is 2.43. The minimum absolute atomic E-state index is 0.120. The van der Waals surface area contributed by atoms with Gasteiger partial charge in [-0.05, 0) is 51.3 Å². The van der Waals surface area contributed by atoms with Crippen LogP contribution < -0.4 is 5.32 Å². The number of benzene rings is 1. The Kier molecular flexibility index (Phi) is 5.83. The molecule has 0 aliphatic carbocycles. The predicted octanol–water partition coefficient (Wildman–Crippen LogP) is 3.17. The maximum absolute atomic E-state index is 12.1. The van der Waals surface area contributed by atoms with E-state index in [9.17, 15) is 9.59 Å². The zero-order valence-corrected chi connectivity index (χ0v) is 14.8. The average Bonchev–Trinajstić information content (AvgIpc) is 3.00. The molecule has 6 heteroatoms. The molecule has 1 aromatic carbocycles. The highest BCUT2D eigenvalue weighted by molar-refractivity contribution is 5.94. The first-order chi connectivity index (χ1) is 11.2. The SMILES string of the molecule is CN(Cc1cccc(NC(=O)C2CCCO2)c1)C(=O)OC(C)(C)C. The summed E-state index contributed by atoms with van der Waals surface area (Å²) in [5.74, 6) is -0.120. The number of carbonyl (C=O) groups excluding carboxylic acids is 2. The summed E-state index contributed by atoms with van der Waals surface area (Å²) in [7, 11) is 1.69. The van der Waals surface area contributed by atoms with E-state index < -0.39 is 5.60 Å². The Hall–Kier alpha value is -2.08. The molecule has 2 amide bonds. The van der Waals surface area contributed by atoms with Crippen molar-refractivity contribution in [2.24, 2.45) is 0 Å². The zero-order valence-electron chi connectivity index (χ0n) is 14.8. The summed E-state index contributed by atoms with van der Waals surface area (Å²) in [6.45, 7) is 6.54.